The first-order valence-corrected chi connectivity index (χ1v) is 9.36. The van der Waals surface area contributed by atoms with Crippen LogP contribution in [-0.4, -0.2) is 25.9 Å². The van der Waals surface area contributed by atoms with Crippen LogP contribution in [0.15, 0.2) is 48.5 Å². The molecule has 11 heteroatoms. The Balaban J connectivity index is 2.11. The van der Waals surface area contributed by atoms with Gasteiger partial charge in [-0.05, 0) is 42.9 Å². The van der Waals surface area contributed by atoms with Gasteiger partial charge in [-0.3, -0.25) is 14.9 Å². The number of non-ortho nitro benzene ring substituents is 1. The highest BCUT2D eigenvalue weighted by atomic mass is 35.6. The highest BCUT2D eigenvalue weighted by Crippen LogP contribution is 2.29. The summed E-state index contributed by atoms with van der Waals surface area (Å²) in [4.78, 5) is 22.7. The zero-order chi connectivity index (χ0) is 20.9. The number of alkyl halides is 3. The van der Waals surface area contributed by atoms with E-state index in [1.807, 2.05) is 25.1 Å². The predicted molar refractivity (Wildman–Crippen MR) is 115 cm³/mol. The number of carbonyl (C=O) groups excluding carboxylic acids is 1. The van der Waals surface area contributed by atoms with Crippen LogP contribution in [0.4, 0.5) is 11.4 Å². The molecule has 0 aliphatic heterocycles. The van der Waals surface area contributed by atoms with Gasteiger partial charge in [0.2, 0.25) is 3.79 Å². The van der Waals surface area contributed by atoms with Crippen LogP contribution in [0.2, 0.25) is 0 Å². The van der Waals surface area contributed by atoms with E-state index in [0.29, 0.717) is 5.69 Å². The van der Waals surface area contributed by atoms with Crippen molar-refractivity contribution in [3.05, 3.63) is 69.8 Å². The average Bonchev–Trinajstić information content (AvgIpc) is 2.60. The fraction of sp³-hybridized carbons (Fsp3) is 0.176. The molecule has 0 saturated carbocycles. The molecular formula is C17H15Cl3N4O3S. The van der Waals surface area contributed by atoms with E-state index in [1.165, 1.54) is 18.2 Å². The van der Waals surface area contributed by atoms with Crippen LogP contribution in [-0.2, 0) is 0 Å². The molecule has 2 aromatic carbocycles. The Morgan fingerprint density at radius 1 is 1.14 bits per heavy atom. The van der Waals surface area contributed by atoms with Crippen molar-refractivity contribution in [2.24, 2.45) is 0 Å². The molecule has 0 radical (unpaired) electrons. The molecule has 0 aliphatic rings. The third-order valence-electron chi connectivity index (χ3n) is 3.47. The number of thiocarbonyl (C=S) groups is 1. The summed E-state index contributed by atoms with van der Waals surface area (Å²) in [7, 11) is 0. The van der Waals surface area contributed by atoms with Crippen LogP contribution in [0, 0.1) is 17.0 Å². The maximum Gasteiger partial charge on any atom is 0.270 e. The van der Waals surface area contributed by atoms with E-state index in [9.17, 15) is 14.9 Å². The minimum absolute atomic E-state index is 0.0350. The maximum absolute atomic E-state index is 12.4. The summed E-state index contributed by atoms with van der Waals surface area (Å²) in [5.74, 6) is -0.675. The number of benzene rings is 2. The average molecular weight is 462 g/mol. The Morgan fingerprint density at radius 3 is 2.43 bits per heavy atom. The van der Waals surface area contributed by atoms with Crippen molar-refractivity contribution in [1.82, 2.24) is 10.6 Å². The minimum Gasteiger partial charge on any atom is -0.339 e. The van der Waals surface area contributed by atoms with Gasteiger partial charge in [0.25, 0.3) is 11.6 Å². The lowest BCUT2D eigenvalue weighted by atomic mass is 10.2. The Labute approximate surface area is 181 Å². The lowest BCUT2D eigenvalue weighted by Gasteiger charge is -2.27. The lowest BCUT2D eigenvalue weighted by molar-refractivity contribution is -0.384. The summed E-state index contributed by atoms with van der Waals surface area (Å²) >= 11 is 23.0. The molecule has 0 fully saturated rings. The first kappa shape index (κ1) is 22.2. The Morgan fingerprint density at radius 2 is 1.82 bits per heavy atom. The monoisotopic (exact) mass is 460 g/mol. The number of nitrogens with one attached hydrogen (secondary N) is 3. The van der Waals surface area contributed by atoms with Crippen molar-refractivity contribution in [3.8, 4) is 0 Å². The lowest BCUT2D eigenvalue weighted by Crippen LogP contribution is -2.56. The minimum atomic E-state index is -1.95. The van der Waals surface area contributed by atoms with Gasteiger partial charge in [-0.25, -0.2) is 0 Å². The SMILES string of the molecule is Cc1cccc(NC(=S)N[C@@H](NC(=O)c2cccc([N+](=O)[O-])c2)C(Cl)(Cl)Cl)c1. The Hall–Kier alpha value is -2.13. The van der Waals surface area contributed by atoms with E-state index in [4.69, 9.17) is 47.0 Å². The van der Waals surface area contributed by atoms with E-state index < -0.39 is 20.8 Å². The standard InChI is InChI=1S/C17H15Cl3N4O3S/c1-10-4-2-6-12(8-10)21-16(28)23-15(17(18,19)20)22-14(25)11-5-3-7-13(9-11)24(26)27/h2-9,15H,1H3,(H,22,25)(H2,21,23,28)/t15-/m1/s1. The smallest absolute Gasteiger partial charge is 0.270 e. The number of aryl methyl sites for hydroxylation is 1. The normalized spacial score (nSPS) is 12.0. The molecule has 0 spiro atoms. The molecule has 148 valence electrons. The van der Waals surface area contributed by atoms with E-state index in [0.717, 1.165) is 11.6 Å². The third kappa shape index (κ3) is 6.49. The maximum atomic E-state index is 12.4. The van der Waals surface area contributed by atoms with Crippen LogP contribution in [0.3, 0.4) is 0 Å². The molecule has 0 heterocycles. The molecule has 0 bridgehead atoms. The highest BCUT2D eigenvalue weighted by Gasteiger charge is 2.35. The number of hydrogen-bond donors (Lipinski definition) is 3. The molecule has 1 amide bonds. The molecule has 3 N–H and O–H groups in total. The number of hydrogen-bond acceptors (Lipinski definition) is 4. The zero-order valence-electron chi connectivity index (χ0n) is 14.4. The summed E-state index contributed by atoms with van der Waals surface area (Å²) in [6, 6.07) is 12.6. The molecule has 7 nitrogen and oxygen atoms in total. The summed E-state index contributed by atoms with van der Waals surface area (Å²) < 4.78 is -1.95. The molecule has 28 heavy (non-hydrogen) atoms. The summed E-state index contributed by atoms with van der Waals surface area (Å²) in [6.07, 6.45) is -1.20. The highest BCUT2D eigenvalue weighted by molar-refractivity contribution is 7.80. The fourth-order valence-electron chi connectivity index (χ4n) is 2.20. The number of nitrogens with zero attached hydrogens (tertiary/aromatic N) is 1. The summed E-state index contributed by atoms with van der Waals surface area (Å²) in [5.41, 5.74) is 1.53. The second-order valence-electron chi connectivity index (χ2n) is 5.72. The second kappa shape index (κ2) is 9.38. The van der Waals surface area contributed by atoms with E-state index in [1.54, 1.807) is 6.07 Å². The fourth-order valence-corrected chi connectivity index (χ4v) is 2.76. The number of halogens is 3. The molecule has 0 unspecified atom stereocenters. The van der Waals surface area contributed by atoms with Gasteiger partial charge in [-0.15, -0.1) is 0 Å². The Bertz CT molecular complexity index is 905. The summed E-state index contributed by atoms with van der Waals surface area (Å²) in [6.45, 7) is 1.92. The van der Waals surface area contributed by atoms with Gasteiger partial charge in [-0.2, -0.15) is 0 Å². The summed E-state index contributed by atoms with van der Waals surface area (Å²) in [5, 5.41) is 19.1. The van der Waals surface area contributed by atoms with Crippen LogP contribution in [0.5, 0.6) is 0 Å². The number of carbonyl (C=O) groups is 1. The van der Waals surface area contributed by atoms with Crippen molar-refractivity contribution in [1.29, 1.82) is 0 Å². The van der Waals surface area contributed by atoms with Gasteiger partial charge in [-0.1, -0.05) is 53.0 Å². The van der Waals surface area contributed by atoms with Gasteiger partial charge >= 0.3 is 0 Å². The van der Waals surface area contributed by atoms with Crippen molar-refractivity contribution in [2.75, 3.05) is 5.32 Å². The first-order chi connectivity index (χ1) is 13.1. The van der Waals surface area contributed by atoms with Crippen LogP contribution < -0.4 is 16.0 Å². The van der Waals surface area contributed by atoms with E-state index >= 15 is 0 Å². The van der Waals surface area contributed by atoms with E-state index in [-0.39, 0.29) is 16.4 Å². The first-order valence-electron chi connectivity index (χ1n) is 7.82. The number of nitro groups is 1. The predicted octanol–water partition coefficient (Wildman–Crippen LogP) is 4.32. The molecule has 0 saturated heterocycles. The topological polar surface area (TPSA) is 96.3 Å². The molecule has 0 aromatic heterocycles. The van der Waals surface area contributed by atoms with Gasteiger partial charge in [0.1, 0.15) is 6.17 Å². The van der Waals surface area contributed by atoms with E-state index in [2.05, 4.69) is 16.0 Å². The molecule has 1 atom stereocenters. The number of anilines is 1. The second-order valence-corrected chi connectivity index (χ2v) is 8.50. The van der Waals surface area contributed by atoms with Crippen LogP contribution >= 0.6 is 47.0 Å². The molecular weight excluding hydrogens is 447 g/mol. The van der Waals surface area contributed by atoms with Crippen molar-refractivity contribution >= 4 is 69.4 Å². The van der Waals surface area contributed by atoms with Gasteiger partial charge in [0.15, 0.2) is 5.11 Å². The van der Waals surface area contributed by atoms with Crippen LogP contribution in [0.25, 0.3) is 0 Å². The number of rotatable bonds is 5. The number of nitro benzene ring substituents is 1. The molecule has 2 rings (SSSR count). The van der Waals surface area contributed by atoms with Gasteiger partial charge < -0.3 is 16.0 Å². The van der Waals surface area contributed by atoms with Gasteiger partial charge in [0.05, 0.1) is 4.92 Å². The zero-order valence-corrected chi connectivity index (χ0v) is 17.5. The molecule has 0 aliphatic carbocycles. The largest absolute Gasteiger partial charge is 0.339 e. The Kier molecular flexibility index (Phi) is 7.42. The van der Waals surface area contributed by atoms with Crippen LogP contribution in [0.1, 0.15) is 15.9 Å². The van der Waals surface area contributed by atoms with Crippen molar-refractivity contribution in [2.45, 2.75) is 16.9 Å². The van der Waals surface area contributed by atoms with Crippen molar-refractivity contribution < 1.29 is 9.72 Å². The molecule has 2 aromatic rings. The van der Waals surface area contributed by atoms with Crippen molar-refractivity contribution in [3.63, 3.8) is 0 Å². The van der Waals surface area contributed by atoms with Gasteiger partial charge in [0, 0.05) is 23.4 Å². The number of amides is 1. The quantitative estimate of drug-likeness (QED) is 0.202. The third-order valence-corrected chi connectivity index (χ3v) is 4.35.